The molecule has 1 amide bonds. The Hall–Kier alpha value is -2.80. The molecule has 9 heteroatoms. The summed E-state index contributed by atoms with van der Waals surface area (Å²) < 4.78 is 41.5. The van der Waals surface area contributed by atoms with Gasteiger partial charge in [0.25, 0.3) is 0 Å². The number of carbonyl (C=O) groups excluding carboxylic acids is 1. The van der Waals surface area contributed by atoms with E-state index < -0.39 is 10.0 Å². The van der Waals surface area contributed by atoms with Crippen molar-refractivity contribution in [2.45, 2.75) is 37.8 Å². The highest BCUT2D eigenvalue weighted by molar-refractivity contribution is 7.89. The number of hydrogen-bond donors (Lipinski definition) is 1. The molecule has 1 N–H and O–H groups in total. The summed E-state index contributed by atoms with van der Waals surface area (Å²) in [6, 6.07) is 9.77. The van der Waals surface area contributed by atoms with Gasteiger partial charge in [0.2, 0.25) is 15.9 Å². The van der Waals surface area contributed by atoms with Crippen molar-refractivity contribution in [2.24, 2.45) is 0 Å². The topological polar surface area (TPSA) is 74.1 Å². The van der Waals surface area contributed by atoms with Crippen molar-refractivity contribution in [3.8, 4) is 0 Å². The van der Waals surface area contributed by atoms with Gasteiger partial charge in [-0.3, -0.25) is 9.69 Å². The second-order valence-electron chi connectivity index (χ2n) is 7.80. The van der Waals surface area contributed by atoms with Gasteiger partial charge in [-0.15, -0.1) is 0 Å². The van der Waals surface area contributed by atoms with Crippen LogP contribution in [-0.4, -0.2) is 55.2 Å². The third-order valence-electron chi connectivity index (χ3n) is 5.34. The van der Waals surface area contributed by atoms with E-state index in [0.717, 1.165) is 0 Å². The summed E-state index contributed by atoms with van der Waals surface area (Å²) in [5, 5.41) is 2.73. The van der Waals surface area contributed by atoms with E-state index in [1.54, 1.807) is 39.0 Å². The van der Waals surface area contributed by atoms with Crippen LogP contribution in [0.1, 0.15) is 19.4 Å². The Morgan fingerprint density at radius 3 is 2.48 bits per heavy atom. The lowest BCUT2D eigenvalue weighted by Gasteiger charge is -2.43. The van der Waals surface area contributed by atoms with Gasteiger partial charge in [0, 0.05) is 36.4 Å². The molecule has 0 spiro atoms. The zero-order valence-electron chi connectivity index (χ0n) is 17.7. The van der Waals surface area contributed by atoms with E-state index >= 15 is 0 Å². The number of carbonyl (C=O) groups is 1. The van der Waals surface area contributed by atoms with Gasteiger partial charge in [-0.05, 0) is 45.0 Å². The van der Waals surface area contributed by atoms with E-state index in [4.69, 9.17) is 6.57 Å². The molecule has 2 unspecified atom stereocenters. The Bertz CT molecular complexity index is 1120. The Kier molecular flexibility index (Phi) is 6.74. The quantitative estimate of drug-likeness (QED) is 0.718. The molecule has 2 atom stereocenters. The summed E-state index contributed by atoms with van der Waals surface area (Å²) >= 11 is 0. The number of hydrogen-bond acceptors (Lipinski definition) is 4. The molecular formula is C22H25FN4O3S. The molecule has 2 aromatic rings. The number of anilines is 1. The van der Waals surface area contributed by atoms with Crippen LogP contribution in [0.25, 0.3) is 4.85 Å². The molecule has 2 aromatic carbocycles. The van der Waals surface area contributed by atoms with Crippen LogP contribution in [0.15, 0.2) is 47.4 Å². The first-order chi connectivity index (χ1) is 14.6. The van der Waals surface area contributed by atoms with Crippen LogP contribution < -0.4 is 5.32 Å². The molecule has 1 heterocycles. The maximum absolute atomic E-state index is 13.7. The first-order valence-corrected chi connectivity index (χ1v) is 11.4. The highest BCUT2D eigenvalue weighted by Crippen LogP contribution is 2.27. The maximum atomic E-state index is 13.7. The van der Waals surface area contributed by atoms with Crippen LogP contribution in [0.3, 0.4) is 0 Å². The average molecular weight is 445 g/mol. The second-order valence-corrected chi connectivity index (χ2v) is 9.64. The first kappa shape index (κ1) is 22.9. The third kappa shape index (κ3) is 4.93. The van der Waals surface area contributed by atoms with Crippen molar-refractivity contribution in [1.82, 2.24) is 9.21 Å². The molecule has 164 valence electrons. The lowest BCUT2D eigenvalue weighted by atomic mass is 10.1. The van der Waals surface area contributed by atoms with E-state index in [0.29, 0.717) is 24.3 Å². The fraction of sp³-hybridized carbons (Fsp3) is 0.364. The monoisotopic (exact) mass is 444 g/mol. The molecule has 0 bridgehead atoms. The summed E-state index contributed by atoms with van der Waals surface area (Å²) in [5.41, 5.74) is 1.06. The average Bonchev–Trinajstić information content (AvgIpc) is 2.70. The van der Waals surface area contributed by atoms with Gasteiger partial charge >= 0.3 is 0 Å². The van der Waals surface area contributed by atoms with E-state index in [1.807, 2.05) is 4.90 Å². The molecule has 3 rings (SSSR count). The van der Waals surface area contributed by atoms with Crippen molar-refractivity contribution in [3.05, 3.63) is 65.3 Å². The highest BCUT2D eigenvalue weighted by Gasteiger charge is 2.38. The minimum Gasteiger partial charge on any atom is -0.325 e. The Labute approximate surface area is 182 Å². The highest BCUT2D eigenvalue weighted by atomic mass is 32.2. The second kappa shape index (κ2) is 9.14. The standard InChI is InChI=1S/C22H25FN4O3S/c1-15-12-26(14-22(28)25-21-10-6-9-20(23)17(21)3)13-16(2)27(15)31(29,30)19-8-5-7-18(11-19)24-4/h5-11,15-16H,12-14H2,1-3H3,(H,25,28). The van der Waals surface area contributed by atoms with Crippen molar-refractivity contribution in [3.63, 3.8) is 0 Å². The summed E-state index contributed by atoms with van der Waals surface area (Å²) in [6.07, 6.45) is 0. The van der Waals surface area contributed by atoms with Crippen LogP contribution in [0.2, 0.25) is 0 Å². The van der Waals surface area contributed by atoms with Crippen LogP contribution in [-0.2, 0) is 14.8 Å². The van der Waals surface area contributed by atoms with Gasteiger partial charge in [-0.2, -0.15) is 4.31 Å². The molecule has 1 saturated heterocycles. The van der Waals surface area contributed by atoms with Crippen LogP contribution in [0.4, 0.5) is 15.8 Å². The number of nitrogens with zero attached hydrogens (tertiary/aromatic N) is 3. The Morgan fingerprint density at radius 2 is 1.84 bits per heavy atom. The smallest absolute Gasteiger partial charge is 0.242 e. The van der Waals surface area contributed by atoms with Gasteiger partial charge < -0.3 is 5.32 Å². The van der Waals surface area contributed by atoms with Gasteiger partial charge in [0.15, 0.2) is 5.69 Å². The van der Waals surface area contributed by atoms with E-state index in [2.05, 4.69) is 10.2 Å². The molecule has 31 heavy (non-hydrogen) atoms. The number of sulfonamides is 1. The minimum atomic E-state index is -3.78. The summed E-state index contributed by atoms with van der Waals surface area (Å²) in [5.74, 6) is -0.671. The number of nitrogens with one attached hydrogen (secondary N) is 1. The predicted octanol–water partition coefficient (Wildman–Crippen LogP) is 3.41. The fourth-order valence-electron chi connectivity index (χ4n) is 3.99. The van der Waals surface area contributed by atoms with Crippen molar-refractivity contribution in [1.29, 1.82) is 0 Å². The number of halogens is 1. The Morgan fingerprint density at radius 1 is 1.19 bits per heavy atom. The SMILES string of the molecule is [C-]#[N+]c1cccc(S(=O)(=O)N2C(C)CN(CC(=O)Nc3cccc(F)c3C)CC2C)c1. The Balaban J connectivity index is 1.70. The molecule has 1 aliphatic rings. The van der Waals surface area contributed by atoms with Gasteiger partial charge in [0.05, 0.1) is 18.0 Å². The lowest BCUT2D eigenvalue weighted by molar-refractivity contribution is -0.118. The first-order valence-electron chi connectivity index (χ1n) is 9.92. The van der Waals surface area contributed by atoms with Crippen molar-refractivity contribution < 1.29 is 17.6 Å². The molecule has 1 aliphatic heterocycles. The zero-order valence-corrected chi connectivity index (χ0v) is 18.5. The van der Waals surface area contributed by atoms with Crippen LogP contribution >= 0.6 is 0 Å². The fourth-order valence-corrected chi connectivity index (χ4v) is 5.84. The van der Waals surface area contributed by atoms with Gasteiger partial charge in [0.1, 0.15) is 5.82 Å². The molecule has 0 saturated carbocycles. The summed E-state index contributed by atoms with van der Waals surface area (Å²) in [6.45, 7) is 13.1. The number of benzene rings is 2. The van der Waals surface area contributed by atoms with E-state index in [9.17, 15) is 17.6 Å². The molecule has 0 aliphatic carbocycles. The van der Waals surface area contributed by atoms with Gasteiger partial charge in [-0.25, -0.2) is 17.7 Å². The van der Waals surface area contributed by atoms with Crippen molar-refractivity contribution >= 4 is 27.3 Å². The summed E-state index contributed by atoms with van der Waals surface area (Å²) in [4.78, 5) is 17.8. The molecule has 0 aromatic heterocycles. The third-order valence-corrected chi connectivity index (χ3v) is 7.47. The number of piperazine rings is 1. The normalized spacial score (nSPS) is 20.2. The maximum Gasteiger partial charge on any atom is 0.242 e. The number of amides is 1. The summed E-state index contributed by atoms with van der Waals surface area (Å²) in [7, 11) is -3.78. The molecule has 7 nitrogen and oxygen atoms in total. The van der Waals surface area contributed by atoms with Crippen LogP contribution in [0.5, 0.6) is 0 Å². The van der Waals surface area contributed by atoms with E-state index in [-0.39, 0.29) is 40.9 Å². The molecule has 0 radical (unpaired) electrons. The molecule has 1 fully saturated rings. The van der Waals surface area contributed by atoms with Gasteiger partial charge in [-0.1, -0.05) is 18.2 Å². The van der Waals surface area contributed by atoms with Crippen molar-refractivity contribution in [2.75, 3.05) is 25.0 Å². The minimum absolute atomic E-state index is 0.0751. The zero-order chi connectivity index (χ0) is 22.8. The number of rotatable bonds is 5. The largest absolute Gasteiger partial charge is 0.325 e. The predicted molar refractivity (Wildman–Crippen MR) is 117 cm³/mol. The lowest BCUT2D eigenvalue weighted by Crippen LogP contribution is -2.59. The van der Waals surface area contributed by atoms with Crippen LogP contribution in [0, 0.1) is 19.3 Å². The van der Waals surface area contributed by atoms with E-state index in [1.165, 1.54) is 28.6 Å². The molecular weight excluding hydrogens is 419 g/mol.